The molecule has 1 aromatic rings. The Bertz CT molecular complexity index is 779. The van der Waals surface area contributed by atoms with Gasteiger partial charge in [0.05, 0.1) is 4.90 Å². The molecule has 0 aliphatic carbocycles. The molecular formula is C29H51NO4S. The molecule has 1 unspecified atom stereocenters. The third kappa shape index (κ3) is 14.7. The summed E-state index contributed by atoms with van der Waals surface area (Å²) in [6.45, 7) is 4.42. The van der Waals surface area contributed by atoms with Crippen LogP contribution >= 0.6 is 0 Å². The van der Waals surface area contributed by atoms with E-state index in [1.54, 1.807) is 12.1 Å². The maximum Gasteiger partial charge on any atom is 0.321 e. The van der Waals surface area contributed by atoms with Crippen molar-refractivity contribution in [3.05, 3.63) is 29.8 Å². The number of unbranched alkanes of at least 4 members (excludes halogenated alkanes) is 15. The van der Waals surface area contributed by atoms with Crippen molar-refractivity contribution in [1.29, 1.82) is 0 Å². The maximum atomic E-state index is 13.1. The van der Waals surface area contributed by atoms with E-state index in [0.717, 1.165) is 37.7 Å². The summed E-state index contributed by atoms with van der Waals surface area (Å²) < 4.78 is 28.6. The van der Waals surface area contributed by atoms with Crippen LogP contribution in [0.4, 0.5) is 0 Å². The number of aryl methyl sites for hydroxylation is 1. The van der Waals surface area contributed by atoms with Crippen molar-refractivity contribution in [3.8, 4) is 0 Å². The highest BCUT2D eigenvalue weighted by molar-refractivity contribution is 7.89. The molecule has 0 bridgehead atoms. The van der Waals surface area contributed by atoms with Crippen LogP contribution in [-0.4, -0.2) is 25.5 Å². The minimum atomic E-state index is -3.88. The molecule has 202 valence electrons. The number of sulfonamides is 1. The van der Waals surface area contributed by atoms with Crippen LogP contribution in [0.25, 0.3) is 0 Å². The molecule has 6 heteroatoms. The molecule has 1 atom stereocenters. The van der Waals surface area contributed by atoms with Gasteiger partial charge in [0.25, 0.3) is 0 Å². The van der Waals surface area contributed by atoms with Crippen molar-refractivity contribution in [3.63, 3.8) is 0 Å². The second-order valence-corrected chi connectivity index (χ2v) is 11.6. The van der Waals surface area contributed by atoms with Gasteiger partial charge in [-0.05, 0) is 30.9 Å². The number of hydrogen-bond donors (Lipinski definition) is 2. The van der Waals surface area contributed by atoms with Crippen LogP contribution in [0.3, 0.4) is 0 Å². The zero-order valence-electron chi connectivity index (χ0n) is 22.4. The largest absolute Gasteiger partial charge is 0.480 e. The predicted octanol–water partition coefficient (Wildman–Crippen LogP) is 8.02. The van der Waals surface area contributed by atoms with Gasteiger partial charge in [0.2, 0.25) is 10.0 Å². The monoisotopic (exact) mass is 509 g/mol. The summed E-state index contributed by atoms with van der Waals surface area (Å²) in [4.78, 5) is 12.0. The van der Waals surface area contributed by atoms with Gasteiger partial charge in [0.15, 0.2) is 0 Å². The highest BCUT2D eigenvalue weighted by atomic mass is 32.2. The summed E-state index contributed by atoms with van der Waals surface area (Å²) in [5, 5.41) is 9.60. The van der Waals surface area contributed by atoms with Crippen LogP contribution < -0.4 is 4.72 Å². The molecule has 0 aromatic heterocycles. The molecule has 0 fully saturated rings. The summed E-state index contributed by atoms with van der Waals surface area (Å²) in [5.74, 6) is -1.10. The third-order valence-corrected chi connectivity index (χ3v) is 8.33. The van der Waals surface area contributed by atoms with Gasteiger partial charge < -0.3 is 5.11 Å². The predicted molar refractivity (Wildman–Crippen MR) is 146 cm³/mol. The lowest BCUT2D eigenvalue weighted by Gasteiger charge is -2.17. The van der Waals surface area contributed by atoms with Crippen LogP contribution in [0.1, 0.15) is 135 Å². The van der Waals surface area contributed by atoms with Crippen molar-refractivity contribution in [2.45, 2.75) is 147 Å². The Morgan fingerprint density at radius 2 is 1.20 bits per heavy atom. The Morgan fingerprint density at radius 1 is 0.743 bits per heavy atom. The van der Waals surface area contributed by atoms with Crippen molar-refractivity contribution >= 4 is 16.0 Å². The fourth-order valence-corrected chi connectivity index (χ4v) is 6.06. The fourth-order valence-electron chi connectivity index (χ4n) is 4.56. The fraction of sp³-hybridized carbons (Fsp3) is 0.759. The van der Waals surface area contributed by atoms with Gasteiger partial charge in [-0.2, -0.15) is 4.72 Å². The smallest absolute Gasteiger partial charge is 0.321 e. The molecule has 1 aromatic carbocycles. The first kappa shape index (κ1) is 31.6. The molecule has 0 amide bonds. The first-order chi connectivity index (χ1) is 16.9. The van der Waals surface area contributed by atoms with Gasteiger partial charge in [-0.3, -0.25) is 4.79 Å². The van der Waals surface area contributed by atoms with Crippen LogP contribution in [0.2, 0.25) is 0 Å². The molecule has 0 spiro atoms. The molecule has 0 saturated heterocycles. The highest BCUT2D eigenvalue weighted by Crippen LogP contribution is 2.20. The van der Waals surface area contributed by atoms with Gasteiger partial charge in [-0.15, -0.1) is 0 Å². The highest BCUT2D eigenvalue weighted by Gasteiger charge is 2.26. The lowest BCUT2D eigenvalue weighted by molar-refractivity contribution is -0.139. The average molecular weight is 510 g/mol. The van der Waals surface area contributed by atoms with Crippen LogP contribution in [0.5, 0.6) is 0 Å². The molecule has 0 heterocycles. The SMILES string of the molecule is CCCCCCCCCCCCc1ccccc1S(=O)(=O)NC(CCCCCCCCC)C(=O)O. The number of carboxylic acid groups (broad SMARTS) is 1. The Balaban J connectivity index is 2.48. The van der Waals surface area contributed by atoms with Gasteiger partial charge in [0.1, 0.15) is 6.04 Å². The summed E-state index contributed by atoms with van der Waals surface area (Å²) in [6.07, 6.45) is 20.9. The van der Waals surface area contributed by atoms with Gasteiger partial charge in [-0.1, -0.05) is 135 Å². The van der Waals surface area contributed by atoms with Gasteiger partial charge in [-0.25, -0.2) is 8.42 Å². The van der Waals surface area contributed by atoms with Crippen molar-refractivity contribution < 1.29 is 18.3 Å². The number of carbonyl (C=O) groups is 1. The summed E-state index contributed by atoms with van der Waals surface area (Å²) in [6, 6.07) is 5.94. The van der Waals surface area contributed by atoms with E-state index in [4.69, 9.17) is 0 Å². The summed E-state index contributed by atoms with van der Waals surface area (Å²) in [5.41, 5.74) is 0.777. The molecule has 2 N–H and O–H groups in total. The number of rotatable bonds is 23. The van der Waals surface area contributed by atoms with E-state index < -0.39 is 22.0 Å². The molecule has 0 radical (unpaired) electrons. The second kappa shape index (κ2) is 19.7. The lowest BCUT2D eigenvalue weighted by atomic mass is 10.0. The Morgan fingerprint density at radius 3 is 1.71 bits per heavy atom. The normalized spacial score (nSPS) is 12.6. The molecule has 35 heavy (non-hydrogen) atoms. The molecular weight excluding hydrogens is 458 g/mol. The second-order valence-electron chi connectivity index (χ2n) is 9.96. The standard InChI is InChI=1S/C29H51NO4S/c1-3-5-7-9-11-12-13-15-16-18-22-26-23-20-21-25-28(26)35(33,34)30-27(29(31)32)24-19-17-14-10-8-6-4-2/h20-21,23,25,27,30H,3-19,22,24H2,1-2H3,(H,31,32). The van der Waals surface area contributed by atoms with E-state index >= 15 is 0 Å². The van der Waals surface area contributed by atoms with Crippen LogP contribution in [-0.2, 0) is 21.2 Å². The molecule has 1 rings (SSSR count). The van der Waals surface area contributed by atoms with Crippen LogP contribution in [0.15, 0.2) is 29.2 Å². The molecule has 0 aliphatic rings. The maximum absolute atomic E-state index is 13.1. The average Bonchev–Trinajstić information content (AvgIpc) is 2.84. The number of carboxylic acids is 1. The van der Waals surface area contributed by atoms with E-state index in [0.29, 0.717) is 19.3 Å². The van der Waals surface area contributed by atoms with Crippen molar-refractivity contribution in [2.75, 3.05) is 0 Å². The van der Waals surface area contributed by atoms with E-state index in [9.17, 15) is 18.3 Å². The van der Waals surface area contributed by atoms with Gasteiger partial charge in [0, 0.05) is 0 Å². The zero-order chi connectivity index (χ0) is 25.8. The number of hydrogen-bond acceptors (Lipinski definition) is 3. The minimum Gasteiger partial charge on any atom is -0.480 e. The lowest BCUT2D eigenvalue weighted by Crippen LogP contribution is -2.41. The Hall–Kier alpha value is -1.40. The van der Waals surface area contributed by atoms with E-state index in [1.807, 2.05) is 12.1 Å². The molecule has 0 saturated carbocycles. The Kier molecular flexibility index (Phi) is 17.8. The first-order valence-electron chi connectivity index (χ1n) is 14.3. The topological polar surface area (TPSA) is 83.5 Å². The number of aliphatic carboxylic acids is 1. The van der Waals surface area contributed by atoms with Crippen LogP contribution in [0, 0.1) is 0 Å². The van der Waals surface area contributed by atoms with E-state index in [1.165, 1.54) is 70.6 Å². The first-order valence-corrected chi connectivity index (χ1v) is 15.7. The number of nitrogens with one attached hydrogen (secondary N) is 1. The minimum absolute atomic E-state index is 0.224. The molecule has 0 aliphatic heterocycles. The summed E-state index contributed by atoms with van der Waals surface area (Å²) >= 11 is 0. The zero-order valence-corrected chi connectivity index (χ0v) is 23.2. The van der Waals surface area contributed by atoms with E-state index in [2.05, 4.69) is 18.6 Å². The van der Waals surface area contributed by atoms with Gasteiger partial charge >= 0.3 is 5.97 Å². The van der Waals surface area contributed by atoms with Crippen molar-refractivity contribution in [1.82, 2.24) is 4.72 Å². The van der Waals surface area contributed by atoms with E-state index in [-0.39, 0.29) is 4.90 Å². The summed E-state index contributed by atoms with van der Waals surface area (Å²) in [7, 11) is -3.88. The quantitative estimate of drug-likeness (QED) is 0.146. The number of benzene rings is 1. The Labute approximate surface area is 215 Å². The van der Waals surface area contributed by atoms with Crippen molar-refractivity contribution in [2.24, 2.45) is 0 Å². The third-order valence-electron chi connectivity index (χ3n) is 6.75. The molecule has 5 nitrogen and oxygen atoms in total.